The molecule has 272 valence electrons. The van der Waals surface area contributed by atoms with Crippen molar-refractivity contribution in [3.05, 3.63) is 12.7 Å². The molecule has 48 heavy (non-hydrogen) atoms. The summed E-state index contributed by atoms with van der Waals surface area (Å²) in [7, 11) is -3.36. The van der Waals surface area contributed by atoms with Gasteiger partial charge in [-0.2, -0.15) is 0 Å². The monoisotopic (exact) mass is 693 g/mol. The molecule has 2 saturated heterocycles. The van der Waals surface area contributed by atoms with Crippen LogP contribution < -0.4 is 21.3 Å². The molecule has 1 unspecified atom stereocenters. The summed E-state index contributed by atoms with van der Waals surface area (Å²) in [6.45, 7) is 15.4. The third kappa shape index (κ3) is 9.38. The maximum atomic E-state index is 14.4. The molecule has 2 aliphatic heterocycles. The summed E-state index contributed by atoms with van der Waals surface area (Å²) in [4.78, 5) is 69.4. The Balaban J connectivity index is 1.86. The highest BCUT2D eigenvalue weighted by molar-refractivity contribution is 7.92. The number of hydrogen-bond acceptors (Lipinski definition) is 7. The van der Waals surface area contributed by atoms with E-state index in [1.807, 2.05) is 41.5 Å². The Hall–Kier alpha value is -2.96. The van der Waals surface area contributed by atoms with Gasteiger partial charge < -0.3 is 26.2 Å². The third-order valence-electron chi connectivity index (χ3n) is 10.4. The first kappa shape index (κ1) is 39.5. The van der Waals surface area contributed by atoms with Crippen molar-refractivity contribution < 1.29 is 32.4 Å². The quantitative estimate of drug-likeness (QED) is 0.160. The standard InChI is InChI=1S/C35H59N5O7S/c1-8-10-15-25(28(41)31(43)36-20-9-2)37-30(42)27-24(23(3)4)17-21-40(27)32(44)29(34(5,6)7)38-33(45)39-35(18-12-11-13-19-35)26-16-14-22-48(26,46)47/h9,23-27,29H,2,8,10-22H2,1,3-7H3,(H,36,43)(H,37,42)(H2,38,39,45)/t24-,25?,26+,27+,29-/m1/s1. The molecule has 3 aliphatic rings. The number of unbranched alkanes of at least 4 members (excludes halogenated alkanes) is 1. The average Bonchev–Trinajstić information content (AvgIpc) is 3.63. The van der Waals surface area contributed by atoms with Gasteiger partial charge in [0, 0.05) is 13.1 Å². The van der Waals surface area contributed by atoms with Gasteiger partial charge in [-0.1, -0.05) is 79.7 Å². The number of nitrogens with zero attached hydrogens (tertiary/aromatic N) is 1. The Morgan fingerprint density at radius 3 is 2.21 bits per heavy atom. The number of carbonyl (C=O) groups excluding carboxylic acids is 5. The van der Waals surface area contributed by atoms with Crippen molar-refractivity contribution in [2.24, 2.45) is 17.3 Å². The lowest BCUT2D eigenvalue weighted by Crippen LogP contribution is -2.65. The van der Waals surface area contributed by atoms with Gasteiger partial charge >= 0.3 is 6.03 Å². The Bertz CT molecular complexity index is 1300. The summed E-state index contributed by atoms with van der Waals surface area (Å²) in [6, 6.07) is -3.58. The van der Waals surface area contributed by atoms with E-state index in [0.717, 1.165) is 25.7 Å². The summed E-state index contributed by atoms with van der Waals surface area (Å²) in [5.74, 6) is -2.54. The molecule has 4 N–H and O–H groups in total. The summed E-state index contributed by atoms with van der Waals surface area (Å²) in [5.41, 5.74) is -1.65. The molecule has 13 heteroatoms. The van der Waals surface area contributed by atoms with Crippen LogP contribution in [0.4, 0.5) is 4.79 Å². The van der Waals surface area contributed by atoms with Gasteiger partial charge in [0.1, 0.15) is 12.1 Å². The van der Waals surface area contributed by atoms with Crippen LogP contribution in [-0.4, -0.2) is 90.6 Å². The van der Waals surface area contributed by atoms with Crippen molar-refractivity contribution in [1.82, 2.24) is 26.2 Å². The van der Waals surface area contributed by atoms with Crippen LogP contribution in [0.25, 0.3) is 0 Å². The van der Waals surface area contributed by atoms with Gasteiger partial charge in [0.2, 0.25) is 17.6 Å². The predicted molar refractivity (Wildman–Crippen MR) is 186 cm³/mol. The minimum absolute atomic E-state index is 0.0306. The van der Waals surface area contributed by atoms with Gasteiger partial charge in [-0.3, -0.25) is 19.2 Å². The highest BCUT2D eigenvalue weighted by Crippen LogP contribution is 2.40. The van der Waals surface area contributed by atoms with Crippen molar-refractivity contribution in [2.45, 2.75) is 141 Å². The van der Waals surface area contributed by atoms with E-state index < -0.39 is 73.7 Å². The molecule has 1 saturated carbocycles. The van der Waals surface area contributed by atoms with Crippen LogP contribution >= 0.6 is 0 Å². The largest absolute Gasteiger partial charge is 0.346 e. The van der Waals surface area contributed by atoms with Crippen LogP contribution in [0.3, 0.4) is 0 Å². The van der Waals surface area contributed by atoms with Crippen LogP contribution in [0.5, 0.6) is 0 Å². The number of sulfone groups is 1. The number of amides is 5. The molecule has 2 heterocycles. The minimum atomic E-state index is -3.36. The fourth-order valence-corrected chi connectivity index (χ4v) is 10.1. The lowest BCUT2D eigenvalue weighted by molar-refractivity contribution is -0.144. The summed E-state index contributed by atoms with van der Waals surface area (Å²) < 4.78 is 26.1. The zero-order valence-corrected chi connectivity index (χ0v) is 30.7. The molecular formula is C35H59N5O7S. The number of Topliss-reactive ketones (excluding diaryl/α,β-unsaturated/α-hetero) is 1. The van der Waals surface area contributed by atoms with Crippen molar-refractivity contribution in [3.8, 4) is 0 Å². The molecule has 12 nitrogen and oxygen atoms in total. The maximum Gasteiger partial charge on any atom is 0.315 e. The first-order chi connectivity index (χ1) is 22.5. The topological polar surface area (TPSA) is 171 Å². The lowest BCUT2D eigenvalue weighted by atomic mass is 9.78. The Morgan fingerprint density at radius 2 is 1.67 bits per heavy atom. The summed E-state index contributed by atoms with van der Waals surface area (Å²) in [5, 5.41) is 10.6. The van der Waals surface area contributed by atoms with Gasteiger partial charge in [0.25, 0.3) is 5.91 Å². The van der Waals surface area contributed by atoms with Crippen LogP contribution in [-0.2, 0) is 29.0 Å². The number of rotatable bonds is 14. The van der Waals surface area contributed by atoms with Crippen molar-refractivity contribution in [2.75, 3.05) is 18.8 Å². The average molecular weight is 694 g/mol. The molecular weight excluding hydrogens is 634 g/mol. The fourth-order valence-electron chi connectivity index (χ4n) is 7.77. The number of likely N-dealkylation sites (tertiary alicyclic amines) is 1. The van der Waals surface area contributed by atoms with Gasteiger partial charge in [-0.25, -0.2) is 13.2 Å². The molecule has 0 radical (unpaired) electrons. The highest BCUT2D eigenvalue weighted by Gasteiger charge is 2.51. The third-order valence-corrected chi connectivity index (χ3v) is 12.8. The first-order valence-electron chi connectivity index (χ1n) is 17.8. The molecule has 0 aromatic heterocycles. The molecule has 5 atom stereocenters. The minimum Gasteiger partial charge on any atom is -0.346 e. The van der Waals surface area contributed by atoms with E-state index >= 15 is 0 Å². The molecule has 3 fully saturated rings. The number of nitrogens with one attached hydrogen (secondary N) is 4. The number of hydrogen-bond donors (Lipinski definition) is 4. The highest BCUT2D eigenvalue weighted by atomic mass is 32.2. The molecule has 0 aromatic rings. The summed E-state index contributed by atoms with van der Waals surface area (Å²) in [6.07, 6.45) is 8.46. The molecule has 5 amide bonds. The number of ketones is 1. The van der Waals surface area contributed by atoms with Gasteiger partial charge in [0.15, 0.2) is 9.84 Å². The number of carbonyl (C=O) groups is 5. The maximum absolute atomic E-state index is 14.4. The van der Waals surface area contributed by atoms with Gasteiger partial charge in [-0.15, -0.1) is 6.58 Å². The van der Waals surface area contributed by atoms with E-state index in [-0.39, 0.29) is 37.1 Å². The van der Waals surface area contributed by atoms with Gasteiger partial charge in [-0.05, 0) is 55.8 Å². The summed E-state index contributed by atoms with van der Waals surface area (Å²) >= 11 is 0. The Kier molecular flexibility index (Phi) is 13.7. The second kappa shape index (κ2) is 16.6. The molecule has 0 spiro atoms. The lowest BCUT2D eigenvalue weighted by Gasteiger charge is -2.43. The van der Waals surface area contributed by atoms with Crippen molar-refractivity contribution in [3.63, 3.8) is 0 Å². The predicted octanol–water partition coefficient (Wildman–Crippen LogP) is 3.40. The van der Waals surface area contributed by atoms with E-state index in [4.69, 9.17) is 0 Å². The zero-order chi connectivity index (χ0) is 35.9. The second-order valence-corrected chi connectivity index (χ2v) is 17.7. The molecule has 0 bridgehead atoms. The van der Waals surface area contributed by atoms with E-state index in [1.54, 1.807) is 0 Å². The zero-order valence-electron chi connectivity index (χ0n) is 29.9. The number of urea groups is 1. The van der Waals surface area contributed by atoms with Crippen LogP contribution in [0, 0.1) is 17.3 Å². The molecule has 3 rings (SSSR count). The fraction of sp³-hybridized carbons (Fsp3) is 0.800. The van der Waals surface area contributed by atoms with Crippen LogP contribution in [0.2, 0.25) is 0 Å². The normalized spacial score (nSPS) is 24.7. The molecule has 1 aliphatic carbocycles. The van der Waals surface area contributed by atoms with E-state index in [2.05, 4.69) is 27.8 Å². The van der Waals surface area contributed by atoms with Crippen LogP contribution in [0.15, 0.2) is 12.7 Å². The van der Waals surface area contributed by atoms with E-state index in [9.17, 15) is 32.4 Å². The van der Waals surface area contributed by atoms with E-state index in [0.29, 0.717) is 38.5 Å². The smallest absolute Gasteiger partial charge is 0.315 e. The van der Waals surface area contributed by atoms with E-state index in [1.165, 1.54) is 11.0 Å². The van der Waals surface area contributed by atoms with Crippen molar-refractivity contribution in [1.29, 1.82) is 0 Å². The van der Waals surface area contributed by atoms with Crippen molar-refractivity contribution >= 4 is 39.4 Å². The Labute approximate surface area is 287 Å². The SMILES string of the molecule is C=CCNC(=O)C(=O)C(CCCC)NC(=O)[C@@H]1[C@@H](C(C)C)CCN1C(=O)[C@@H](NC(=O)NC1([C@@H]2CCCS2(=O)=O)CCCCC1)C(C)(C)C. The Morgan fingerprint density at radius 1 is 1.00 bits per heavy atom. The second-order valence-electron chi connectivity index (χ2n) is 15.4. The van der Waals surface area contributed by atoms with Crippen LogP contribution in [0.1, 0.15) is 112 Å². The first-order valence-corrected chi connectivity index (χ1v) is 19.5. The van der Waals surface area contributed by atoms with Gasteiger partial charge in [0.05, 0.1) is 22.6 Å². The molecule has 0 aromatic carbocycles.